The first-order chi connectivity index (χ1) is 7.61. The van der Waals surface area contributed by atoms with Gasteiger partial charge in [-0.2, -0.15) is 0 Å². The lowest BCUT2D eigenvalue weighted by Gasteiger charge is -2.16. The fourth-order valence-electron chi connectivity index (χ4n) is 2.44. The van der Waals surface area contributed by atoms with Crippen LogP contribution in [-0.4, -0.2) is 24.0 Å². The number of hydrogen-bond donors (Lipinski definition) is 1. The first-order valence-corrected chi connectivity index (χ1v) is 5.69. The van der Waals surface area contributed by atoms with Crippen molar-refractivity contribution in [2.24, 2.45) is 0 Å². The summed E-state index contributed by atoms with van der Waals surface area (Å²) in [7, 11) is 0. The average molecular weight is 219 g/mol. The maximum atomic E-state index is 11.2. The molecule has 16 heavy (non-hydrogen) atoms. The molecule has 0 amide bonds. The van der Waals surface area contributed by atoms with Crippen molar-refractivity contribution in [2.75, 3.05) is 18.0 Å². The number of anilines is 1. The van der Waals surface area contributed by atoms with Gasteiger partial charge in [0.15, 0.2) is 0 Å². The lowest BCUT2D eigenvalue weighted by atomic mass is 9.96. The molecule has 1 unspecified atom stereocenters. The highest BCUT2D eigenvalue weighted by Crippen LogP contribution is 2.39. The summed E-state index contributed by atoms with van der Waals surface area (Å²) < 4.78 is 0. The Balaban J connectivity index is 2.35. The highest BCUT2D eigenvalue weighted by molar-refractivity contribution is 5.78. The van der Waals surface area contributed by atoms with Crippen molar-refractivity contribution < 1.29 is 9.90 Å². The summed E-state index contributed by atoms with van der Waals surface area (Å²) >= 11 is 0. The van der Waals surface area contributed by atoms with Crippen molar-refractivity contribution in [1.29, 1.82) is 0 Å². The van der Waals surface area contributed by atoms with Crippen LogP contribution in [0.2, 0.25) is 0 Å². The number of Topliss-reactive ketones (excluding diaryl/α,β-unsaturated/α-hetero) is 1. The molecule has 1 aliphatic heterocycles. The number of hydrogen-bond acceptors (Lipinski definition) is 3. The monoisotopic (exact) mass is 219 g/mol. The van der Waals surface area contributed by atoms with Crippen LogP contribution in [0.15, 0.2) is 18.2 Å². The van der Waals surface area contributed by atoms with Gasteiger partial charge in [0.25, 0.3) is 0 Å². The van der Waals surface area contributed by atoms with Crippen LogP contribution < -0.4 is 4.90 Å². The molecular weight excluding hydrogens is 202 g/mol. The third-order valence-electron chi connectivity index (χ3n) is 3.15. The second kappa shape index (κ2) is 4.16. The zero-order valence-electron chi connectivity index (χ0n) is 9.73. The van der Waals surface area contributed by atoms with Gasteiger partial charge in [0.05, 0.1) is 0 Å². The molecule has 0 saturated heterocycles. The third kappa shape index (κ3) is 1.90. The van der Waals surface area contributed by atoms with Crippen molar-refractivity contribution in [3.05, 3.63) is 23.8 Å². The number of carbonyl (C=O) groups excluding carboxylic acids is 1. The predicted molar refractivity (Wildman–Crippen MR) is 64.0 cm³/mol. The number of carbonyl (C=O) groups is 1. The third-order valence-corrected chi connectivity index (χ3v) is 3.15. The fraction of sp³-hybridized carbons (Fsp3) is 0.462. The van der Waals surface area contributed by atoms with E-state index in [2.05, 4.69) is 11.8 Å². The Labute approximate surface area is 95.7 Å². The van der Waals surface area contributed by atoms with Crippen LogP contribution in [0.4, 0.5) is 5.69 Å². The second-order valence-electron chi connectivity index (χ2n) is 4.38. The smallest absolute Gasteiger partial charge is 0.130 e. The summed E-state index contributed by atoms with van der Waals surface area (Å²) in [4.78, 5) is 13.5. The minimum atomic E-state index is 0.206. The van der Waals surface area contributed by atoms with Gasteiger partial charge in [0.1, 0.15) is 11.5 Å². The zero-order valence-corrected chi connectivity index (χ0v) is 9.73. The maximum Gasteiger partial charge on any atom is 0.130 e. The number of aromatic hydroxyl groups is 1. The van der Waals surface area contributed by atoms with Crippen LogP contribution in [-0.2, 0) is 4.79 Å². The van der Waals surface area contributed by atoms with Gasteiger partial charge < -0.3 is 14.8 Å². The predicted octanol–water partition coefficient (Wildman–Crippen LogP) is 2.29. The molecular formula is C13H17NO2. The first-order valence-electron chi connectivity index (χ1n) is 5.69. The summed E-state index contributed by atoms with van der Waals surface area (Å²) in [6.45, 7) is 5.55. The lowest BCUT2D eigenvalue weighted by Crippen LogP contribution is -2.21. The van der Waals surface area contributed by atoms with Crippen molar-refractivity contribution in [3.63, 3.8) is 0 Å². The average Bonchev–Trinajstić information content (AvgIpc) is 2.55. The van der Waals surface area contributed by atoms with Gasteiger partial charge in [-0.15, -0.1) is 0 Å². The number of fused-ring (bicyclic) bond motifs is 1. The van der Waals surface area contributed by atoms with E-state index in [-0.39, 0.29) is 17.5 Å². The van der Waals surface area contributed by atoms with Crippen molar-refractivity contribution in [2.45, 2.75) is 26.2 Å². The van der Waals surface area contributed by atoms with Gasteiger partial charge in [-0.25, -0.2) is 0 Å². The summed E-state index contributed by atoms with van der Waals surface area (Å²) in [6, 6.07) is 5.44. The molecule has 0 bridgehead atoms. The number of ketones is 1. The Hall–Kier alpha value is -1.51. The molecule has 0 fully saturated rings. The Kier molecular flexibility index (Phi) is 2.86. The molecule has 2 rings (SSSR count). The van der Waals surface area contributed by atoms with Crippen molar-refractivity contribution in [1.82, 2.24) is 0 Å². The van der Waals surface area contributed by atoms with Gasteiger partial charge in [-0.3, -0.25) is 0 Å². The van der Waals surface area contributed by atoms with Crippen molar-refractivity contribution in [3.8, 4) is 5.75 Å². The molecule has 0 aromatic heterocycles. The van der Waals surface area contributed by atoms with E-state index in [4.69, 9.17) is 0 Å². The molecule has 0 aliphatic carbocycles. The number of benzene rings is 1. The summed E-state index contributed by atoms with van der Waals surface area (Å²) in [6.07, 6.45) is 0.562. The lowest BCUT2D eigenvalue weighted by molar-refractivity contribution is -0.117. The Bertz CT molecular complexity index is 414. The molecule has 3 nitrogen and oxygen atoms in total. The van der Waals surface area contributed by atoms with Gasteiger partial charge >= 0.3 is 0 Å². The van der Waals surface area contributed by atoms with Gasteiger partial charge in [-0.05, 0) is 37.6 Å². The largest absolute Gasteiger partial charge is 0.508 e. The Morgan fingerprint density at radius 2 is 2.31 bits per heavy atom. The van der Waals surface area contributed by atoms with Gasteiger partial charge in [0, 0.05) is 31.1 Å². The number of likely N-dealkylation sites (N-methyl/N-ethyl adjacent to an activating group) is 1. The summed E-state index contributed by atoms with van der Waals surface area (Å²) in [5.74, 6) is 0.724. The quantitative estimate of drug-likeness (QED) is 0.848. The molecule has 1 aromatic rings. The molecule has 0 radical (unpaired) electrons. The normalized spacial score (nSPS) is 18.6. The molecule has 1 N–H and O–H groups in total. The number of phenolic OH excluding ortho intramolecular Hbond substituents is 1. The van der Waals surface area contributed by atoms with Crippen LogP contribution in [0, 0.1) is 0 Å². The van der Waals surface area contributed by atoms with E-state index in [1.807, 2.05) is 6.07 Å². The number of nitrogens with zero attached hydrogens (tertiary/aromatic N) is 1. The van der Waals surface area contributed by atoms with E-state index in [1.54, 1.807) is 19.1 Å². The van der Waals surface area contributed by atoms with Gasteiger partial charge in [-0.1, -0.05) is 0 Å². The van der Waals surface area contributed by atoms with Crippen LogP contribution >= 0.6 is 0 Å². The van der Waals surface area contributed by atoms with E-state index in [9.17, 15) is 9.90 Å². The van der Waals surface area contributed by atoms with Crippen LogP contribution in [0.3, 0.4) is 0 Å². The summed E-state index contributed by atoms with van der Waals surface area (Å²) in [5.41, 5.74) is 2.27. The van der Waals surface area contributed by atoms with Gasteiger partial charge in [0.2, 0.25) is 0 Å². The van der Waals surface area contributed by atoms with Crippen LogP contribution in [0.25, 0.3) is 0 Å². The Morgan fingerprint density at radius 3 is 2.94 bits per heavy atom. The minimum Gasteiger partial charge on any atom is -0.508 e. The van der Waals surface area contributed by atoms with E-state index in [0.717, 1.165) is 24.3 Å². The van der Waals surface area contributed by atoms with E-state index in [0.29, 0.717) is 6.42 Å². The molecule has 1 aromatic carbocycles. The number of rotatable bonds is 3. The highest BCUT2D eigenvalue weighted by atomic mass is 16.3. The minimum absolute atomic E-state index is 0.206. The van der Waals surface area contributed by atoms with E-state index < -0.39 is 0 Å². The molecule has 0 spiro atoms. The summed E-state index contributed by atoms with van der Waals surface area (Å²) in [5, 5.41) is 9.50. The molecule has 1 atom stereocenters. The van der Waals surface area contributed by atoms with Crippen LogP contribution in [0.5, 0.6) is 5.75 Å². The number of phenols is 1. The van der Waals surface area contributed by atoms with Crippen LogP contribution in [0.1, 0.15) is 31.7 Å². The topological polar surface area (TPSA) is 40.5 Å². The SMILES string of the molecule is CCN1CC(CC(C)=O)c2cc(O)ccc21. The maximum absolute atomic E-state index is 11.2. The highest BCUT2D eigenvalue weighted by Gasteiger charge is 2.28. The second-order valence-corrected chi connectivity index (χ2v) is 4.38. The first kappa shape index (κ1) is 11.0. The Morgan fingerprint density at radius 1 is 1.56 bits per heavy atom. The van der Waals surface area contributed by atoms with Crippen molar-refractivity contribution >= 4 is 11.5 Å². The zero-order chi connectivity index (χ0) is 11.7. The fourth-order valence-corrected chi connectivity index (χ4v) is 2.44. The molecule has 3 heteroatoms. The standard InChI is InChI=1S/C13H17NO2/c1-3-14-8-10(6-9(2)15)12-7-11(16)4-5-13(12)14/h4-5,7,10,16H,3,6,8H2,1-2H3. The molecule has 86 valence electrons. The van der Waals surface area contributed by atoms with E-state index in [1.165, 1.54) is 0 Å². The molecule has 1 heterocycles. The molecule has 0 saturated carbocycles. The molecule has 1 aliphatic rings. The van der Waals surface area contributed by atoms with E-state index >= 15 is 0 Å².